The third-order valence-electron chi connectivity index (χ3n) is 18.7. The van der Waals surface area contributed by atoms with Gasteiger partial charge in [-0.2, -0.15) is 19.2 Å². The molecule has 2 aliphatic carbocycles. The van der Waals surface area contributed by atoms with Crippen molar-refractivity contribution in [1.29, 1.82) is 0 Å². The molecule has 8 rings (SSSR count). The van der Waals surface area contributed by atoms with E-state index >= 15 is 0 Å². The summed E-state index contributed by atoms with van der Waals surface area (Å²) in [6.07, 6.45) is 13.1. The van der Waals surface area contributed by atoms with Crippen LogP contribution in [0.5, 0.6) is 0 Å². The molecule has 2 fully saturated rings. The first kappa shape index (κ1) is 91.8. The molecule has 0 saturated heterocycles. The molecular weight excluding hydrogens is 1530 g/mol. The molecule has 0 spiro atoms. The van der Waals surface area contributed by atoms with Gasteiger partial charge in [0.25, 0.3) is 0 Å². The topological polar surface area (TPSA) is 284 Å². The zero-order valence-electron chi connectivity index (χ0n) is 66.7. The van der Waals surface area contributed by atoms with E-state index in [1.807, 2.05) is 21.2 Å². The van der Waals surface area contributed by atoms with E-state index in [2.05, 4.69) is 145 Å². The summed E-state index contributed by atoms with van der Waals surface area (Å²) in [5, 5.41) is 9.67. The van der Waals surface area contributed by atoms with Gasteiger partial charge in [0.1, 0.15) is 82.1 Å². The SMILES string of the molecule is COCCOC1(C(=O)COCOC)CCC(c2cc(N(COCC[Si](C)(C)C)COCC[Si](C)(C)C)n3ncc(-c4ccc(C=O)nc4)c3n2)CC1.COCCOC1(C(=O)COCOC)CCC(c2nc3c(-c4ccc(C=O)nc4)cnn3c(N(COCC[Si](C)(C)C)COCC[Si](C)(C)C)c2Br)CC1.[B]=NS. The Bertz CT molecular complexity index is 3690. The number of Topliss-reactive ketones (excluding diaryl/α,β-unsaturated/α-hetero) is 2. The molecule has 1 radical (unpaired) electrons. The summed E-state index contributed by atoms with van der Waals surface area (Å²) < 4.78 is 76.4. The number of aromatic nitrogens is 8. The van der Waals surface area contributed by atoms with Crippen LogP contribution in [0.3, 0.4) is 0 Å². The predicted molar refractivity (Wildman–Crippen MR) is 438 cm³/mol. The van der Waals surface area contributed by atoms with Gasteiger partial charge in [-0.25, -0.2) is 9.97 Å². The maximum absolute atomic E-state index is 13.6. The van der Waals surface area contributed by atoms with Gasteiger partial charge in [-0.3, -0.25) is 29.1 Å². The van der Waals surface area contributed by atoms with Gasteiger partial charge in [0.15, 0.2) is 41.3 Å². The fraction of sp³-hybridized carbons (Fsp3) is 0.649. The molecule has 6 heterocycles. The van der Waals surface area contributed by atoms with Crippen LogP contribution in [-0.2, 0) is 66.4 Å². The van der Waals surface area contributed by atoms with Crippen LogP contribution in [0.2, 0.25) is 103 Å². The van der Waals surface area contributed by atoms with E-state index in [9.17, 15) is 19.2 Å². The molecule has 0 amide bonds. The number of anilines is 2. The van der Waals surface area contributed by atoms with Crippen molar-refractivity contribution in [3.05, 3.63) is 82.4 Å². The zero-order chi connectivity index (χ0) is 79.1. The number of methoxy groups -OCH3 is 4. The third-order valence-corrected chi connectivity index (χ3v) is 26.3. The van der Waals surface area contributed by atoms with Crippen LogP contribution in [0.25, 0.3) is 33.5 Å². The van der Waals surface area contributed by atoms with Crippen molar-refractivity contribution in [1.82, 2.24) is 39.2 Å². The van der Waals surface area contributed by atoms with Gasteiger partial charge in [0, 0.05) is 145 Å². The van der Waals surface area contributed by atoms with Crippen molar-refractivity contribution in [2.24, 2.45) is 4.30 Å². The Balaban J connectivity index is 0.000000326. The zero-order valence-corrected chi connectivity index (χ0v) is 73.1. The molecule has 2 aliphatic rings. The molecule has 34 heteroatoms. The van der Waals surface area contributed by atoms with E-state index in [1.54, 1.807) is 51.1 Å². The van der Waals surface area contributed by atoms with Gasteiger partial charge in [-0.1, -0.05) is 90.7 Å². The van der Waals surface area contributed by atoms with Crippen molar-refractivity contribution in [2.75, 3.05) is 145 Å². The average molecular weight is 1650 g/mol. The Morgan fingerprint density at radius 1 is 0.546 bits per heavy atom. The van der Waals surface area contributed by atoms with Crippen molar-refractivity contribution >= 4 is 116 Å². The van der Waals surface area contributed by atoms with Crippen molar-refractivity contribution in [3.8, 4) is 22.3 Å². The van der Waals surface area contributed by atoms with Gasteiger partial charge in [0.05, 0.1) is 49.0 Å². The number of halogens is 1. The summed E-state index contributed by atoms with van der Waals surface area (Å²) in [5.41, 5.74) is 4.97. The number of hydrogen-bond acceptors (Lipinski definition) is 26. The van der Waals surface area contributed by atoms with E-state index in [4.69, 9.17) is 77.0 Å². The second-order valence-electron chi connectivity index (χ2n) is 32.1. The Kier molecular flexibility index (Phi) is 38.2. The van der Waals surface area contributed by atoms with Crippen LogP contribution < -0.4 is 9.80 Å². The second kappa shape index (κ2) is 45.0. The number of carbonyl (C=O) groups excluding carboxylic acids is 4. The molecule has 0 atom stereocenters. The van der Waals surface area contributed by atoms with E-state index < -0.39 is 43.5 Å². The maximum atomic E-state index is 13.6. The van der Waals surface area contributed by atoms with E-state index in [-0.39, 0.29) is 50.2 Å². The van der Waals surface area contributed by atoms with E-state index in [0.29, 0.717) is 154 Å². The molecule has 27 nitrogen and oxygen atoms in total. The number of aldehydes is 2. The number of ketones is 2. The van der Waals surface area contributed by atoms with Crippen LogP contribution in [0.1, 0.15) is 95.6 Å². The second-order valence-corrected chi connectivity index (χ2v) is 55.6. The molecule has 0 aliphatic heterocycles. The van der Waals surface area contributed by atoms with Crippen LogP contribution in [0.4, 0.5) is 11.6 Å². The predicted octanol–water partition coefficient (Wildman–Crippen LogP) is 13.5. The first-order valence-electron chi connectivity index (χ1n) is 37.0. The van der Waals surface area contributed by atoms with Crippen LogP contribution in [-0.4, -0.2) is 249 Å². The fourth-order valence-electron chi connectivity index (χ4n) is 12.2. The number of rotatable bonds is 46. The molecule has 0 N–H and O–H groups in total. The summed E-state index contributed by atoms with van der Waals surface area (Å²) in [5.74, 6) is 1.43. The number of hydrogen-bond donors (Lipinski definition) is 1. The molecule has 0 aromatic carbocycles. The average Bonchev–Trinajstić information content (AvgIpc) is 1.52. The number of pyridine rings is 2. The Labute approximate surface area is 657 Å². The quantitative estimate of drug-likeness (QED) is 0.0122. The molecule has 108 heavy (non-hydrogen) atoms. The van der Waals surface area contributed by atoms with Gasteiger partial charge < -0.3 is 66.6 Å². The minimum atomic E-state index is -1.32. The molecule has 0 bridgehead atoms. The molecular formula is C74H118BBrN11O16SSi4. The Hall–Kier alpha value is -5.10. The molecule has 597 valence electrons. The van der Waals surface area contributed by atoms with Crippen molar-refractivity contribution in [3.63, 3.8) is 0 Å². The van der Waals surface area contributed by atoms with Crippen LogP contribution in [0, 0.1) is 0 Å². The van der Waals surface area contributed by atoms with Crippen molar-refractivity contribution < 1.29 is 76.0 Å². The summed E-state index contributed by atoms with van der Waals surface area (Å²) in [4.78, 5) is 73.1. The fourth-order valence-corrected chi connectivity index (χ4v) is 16.1. The summed E-state index contributed by atoms with van der Waals surface area (Å²) >= 11 is 7.18. The minimum absolute atomic E-state index is 0.000695. The van der Waals surface area contributed by atoms with Gasteiger partial charge in [0.2, 0.25) is 0 Å². The van der Waals surface area contributed by atoms with Gasteiger partial charge in [-0.05, 0) is 104 Å². The van der Waals surface area contributed by atoms with Gasteiger partial charge >= 0.3 is 24.8 Å². The standard InChI is InChI=1S/C37H58BrN5O8Si2.C37H59N5O8Si2.BHNS/c1-46-15-16-51-37(32(45)24-50-27-47-2)13-11-28(12-14-37)34-33(38)36(42(25-48-17-19-52(3,4)5)26-49-18-20-53(6,7)8)43-35(41-34)31(22-40-43)29-9-10-30(23-44)39-21-29;1-45-15-16-50-37(34(44)25-49-28-46-2)13-11-29(12-14-37)33-21-35(41(26-47-17-19-51(3,4)5)27-48-18-20-52(6,7)8)42-36(40-33)32(23-39-42)30-9-10-31(24-43)38-22-30;1-2-3/h9-10,21-23,28H,11-20,24-27H2,1-8H3;9-10,21-24,29H,11-20,25-28H2,1-8H3;3H. The summed E-state index contributed by atoms with van der Waals surface area (Å²) in [6, 6.07) is 13.4. The Morgan fingerprint density at radius 3 is 1.31 bits per heavy atom. The number of carbonyl (C=O) groups is 4. The summed E-state index contributed by atoms with van der Waals surface area (Å²) in [6.45, 7) is 33.3. The van der Waals surface area contributed by atoms with Crippen molar-refractivity contribution in [2.45, 2.75) is 177 Å². The summed E-state index contributed by atoms with van der Waals surface area (Å²) in [7, 11) is 5.39. The molecule has 6 aromatic rings. The Morgan fingerprint density at radius 2 is 0.935 bits per heavy atom. The molecule has 2 saturated carbocycles. The number of nitrogens with zero attached hydrogens (tertiary/aromatic N) is 11. The normalized spacial score (nSPS) is 17.8. The number of thiol groups is 1. The first-order valence-corrected chi connectivity index (χ1v) is 53.0. The molecule has 0 unspecified atom stereocenters. The van der Waals surface area contributed by atoms with Crippen LogP contribution >= 0.6 is 28.7 Å². The number of ether oxygens (including phenoxy) is 12. The van der Waals surface area contributed by atoms with Crippen LogP contribution in [0.15, 0.2) is 63.9 Å². The monoisotopic (exact) mass is 1650 g/mol. The number of fused-ring (bicyclic) bond motifs is 2. The first-order chi connectivity index (χ1) is 51.4. The van der Waals surface area contributed by atoms with E-state index in [0.717, 1.165) is 86.5 Å². The van der Waals surface area contributed by atoms with Gasteiger partial charge in [-0.15, -0.1) is 0 Å². The third kappa shape index (κ3) is 28.8. The molecule has 6 aromatic heterocycles. The van der Waals surface area contributed by atoms with E-state index in [1.165, 1.54) is 14.2 Å².